The number of nitrogens with one attached hydrogen (secondary N) is 2. The highest BCUT2D eigenvalue weighted by Gasteiger charge is 2.42. The maximum absolute atomic E-state index is 12.6. The lowest BCUT2D eigenvalue weighted by molar-refractivity contribution is 0.100. The van der Waals surface area contributed by atoms with Crippen molar-refractivity contribution in [2.75, 3.05) is 35.2 Å². The van der Waals surface area contributed by atoms with E-state index in [1.54, 1.807) is 4.31 Å². The number of primary amides is 1. The van der Waals surface area contributed by atoms with E-state index in [4.69, 9.17) is 5.73 Å². The Morgan fingerprint density at radius 1 is 1.12 bits per heavy atom. The Morgan fingerprint density at radius 3 is 2.45 bits per heavy atom. The zero-order valence-corrected chi connectivity index (χ0v) is 19.4. The average Bonchev–Trinajstić information content (AvgIpc) is 3.68. The van der Waals surface area contributed by atoms with Gasteiger partial charge >= 0.3 is 0 Å². The van der Waals surface area contributed by atoms with E-state index in [1.165, 1.54) is 6.20 Å². The summed E-state index contributed by atoms with van der Waals surface area (Å²) in [4.78, 5) is 22.6. The largest absolute Gasteiger partial charge is 0.367 e. The number of rotatable bonds is 8. The van der Waals surface area contributed by atoms with Crippen molar-refractivity contribution in [3.63, 3.8) is 0 Å². The molecule has 0 spiro atoms. The lowest BCUT2D eigenvalue weighted by atomic mass is 10.1. The minimum absolute atomic E-state index is 0.0896. The van der Waals surface area contributed by atoms with Gasteiger partial charge in [-0.2, -0.15) is 9.29 Å². The van der Waals surface area contributed by atoms with E-state index < -0.39 is 15.9 Å². The summed E-state index contributed by atoms with van der Waals surface area (Å²) in [5, 5.41) is 6.23. The van der Waals surface area contributed by atoms with E-state index in [9.17, 15) is 13.2 Å². The maximum atomic E-state index is 12.6. The average molecular weight is 472 g/mol. The summed E-state index contributed by atoms with van der Waals surface area (Å²) >= 11 is 0. The predicted molar refractivity (Wildman–Crippen MR) is 127 cm³/mol. The summed E-state index contributed by atoms with van der Waals surface area (Å²) in [6.45, 7) is 3.74. The van der Waals surface area contributed by atoms with E-state index in [1.807, 2.05) is 24.3 Å². The number of nitrogens with two attached hydrogens (primary N) is 1. The first-order valence-corrected chi connectivity index (χ1v) is 12.9. The normalized spacial score (nSPS) is 21.6. The number of carbonyl (C=O) groups excluding carboxylic acids is 1. The van der Waals surface area contributed by atoms with Crippen LogP contribution in [0.15, 0.2) is 30.5 Å². The summed E-state index contributed by atoms with van der Waals surface area (Å²) in [6, 6.07) is 8.30. The summed E-state index contributed by atoms with van der Waals surface area (Å²) in [5.41, 5.74) is 7.57. The molecule has 5 rings (SSSR count). The zero-order chi connectivity index (χ0) is 23.2. The van der Waals surface area contributed by atoms with Crippen LogP contribution in [0.25, 0.3) is 0 Å². The first-order chi connectivity index (χ1) is 15.8. The van der Waals surface area contributed by atoms with E-state index in [0.29, 0.717) is 37.4 Å². The highest BCUT2D eigenvalue weighted by atomic mass is 32.2. The van der Waals surface area contributed by atoms with Gasteiger partial charge in [0.15, 0.2) is 0 Å². The van der Waals surface area contributed by atoms with Crippen LogP contribution < -0.4 is 21.3 Å². The van der Waals surface area contributed by atoms with Crippen LogP contribution in [0.1, 0.15) is 43.0 Å². The van der Waals surface area contributed by atoms with E-state index in [2.05, 4.69) is 32.4 Å². The lowest BCUT2D eigenvalue weighted by Gasteiger charge is -2.40. The van der Waals surface area contributed by atoms with Crippen LogP contribution in [0.5, 0.6) is 0 Å². The molecule has 0 unspecified atom stereocenters. The second-order valence-corrected chi connectivity index (χ2v) is 11.3. The highest BCUT2D eigenvalue weighted by Crippen LogP contribution is 2.33. The van der Waals surface area contributed by atoms with Gasteiger partial charge in [0.1, 0.15) is 5.82 Å². The maximum Gasteiger partial charge on any atom is 0.254 e. The second-order valence-electron chi connectivity index (χ2n) is 9.06. The highest BCUT2D eigenvalue weighted by molar-refractivity contribution is 7.90. The molecule has 2 aliphatic carbocycles. The summed E-state index contributed by atoms with van der Waals surface area (Å²) < 4.78 is 26.8. The summed E-state index contributed by atoms with van der Waals surface area (Å²) in [5.74, 6) is 0.267. The zero-order valence-electron chi connectivity index (χ0n) is 18.6. The van der Waals surface area contributed by atoms with Crippen molar-refractivity contribution in [2.45, 2.75) is 49.9 Å². The Morgan fingerprint density at radius 2 is 1.85 bits per heavy atom. The van der Waals surface area contributed by atoms with E-state index in [-0.39, 0.29) is 16.9 Å². The molecule has 1 aromatic carbocycles. The Kier molecular flexibility index (Phi) is 5.61. The van der Waals surface area contributed by atoms with Gasteiger partial charge in [0.05, 0.1) is 10.8 Å². The standard InChI is InChI=1S/C22H29N7O3S/c1-14-13-28(33(31,32)18-8-9-18)10-11-29(14)17-6-4-16(5-7-17)26-22-24-12-19(20(23)30)21(27-22)25-15-2-3-15/h4-7,12,14-15,18H,2-3,8-11,13H2,1H3,(H2,23,30)(H2,24,25,26,27)/t14-/m0/s1. The molecule has 33 heavy (non-hydrogen) atoms. The van der Waals surface area contributed by atoms with Gasteiger partial charge in [-0.3, -0.25) is 4.79 Å². The Labute approximate surface area is 193 Å². The number of sulfonamides is 1. The molecule has 3 fully saturated rings. The van der Waals surface area contributed by atoms with Crippen molar-refractivity contribution in [3.05, 3.63) is 36.0 Å². The molecular weight excluding hydrogens is 442 g/mol. The molecule has 1 aliphatic heterocycles. The van der Waals surface area contributed by atoms with Crippen molar-refractivity contribution >= 4 is 39.1 Å². The predicted octanol–water partition coefficient (Wildman–Crippen LogP) is 1.90. The molecule has 176 valence electrons. The molecule has 0 radical (unpaired) electrons. The van der Waals surface area contributed by atoms with E-state index >= 15 is 0 Å². The molecule has 1 aromatic heterocycles. The number of carbonyl (C=O) groups is 1. The smallest absolute Gasteiger partial charge is 0.254 e. The van der Waals surface area contributed by atoms with Crippen LogP contribution in [-0.2, 0) is 10.0 Å². The van der Waals surface area contributed by atoms with Crippen molar-refractivity contribution in [2.24, 2.45) is 5.73 Å². The van der Waals surface area contributed by atoms with Crippen molar-refractivity contribution in [3.8, 4) is 0 Å². The number of aromatic nitrogens is 2. The molecule has 11 heteroatoms. The van der Waals surface area contributed by atoms with Crippen LogP contribution in [0.4, 0.5) is 23.1 Å². The summed E-state index contributed by atoms with van der Waals surface area (Å²) in [6.07, 6.45) is 5.11. The first-order valence-electron chi connectivity index (χ1n) is 11.4. The van der Waals surface area contributed by atoms with Gasteiger partial charge in [0.25, 0.3) is 5.91 Å². The van der Waals surface area contributed by atoms with Crippen molar-refractivity contribution in [1.82, 2.24) is 14.3 Å². The molecule has 1 amide bonds. The van der Waals surface area contributed by atoms with Gasteiger partial charge in [-0.25, -0.2) is 13.4 Å². The number of benzene rings is 1. The Bertz CT molecular complexity index is 1150. The van der Waals surface area contributed by atoms with Crippen molar-refractivity contribution in [1.29, 1.82) is 0 Å². The van der Waals surface area contributed by atoms with E-state index in [0.717, 1.165) is 37.1 Å². The van der Waals surface area contributed by atoms with Crippen LogP contribution >= 0.6 is 0 Å². The third-order valence-corrected chi connectivity index (χ3v) is 8.69. The number of piperazine rings is 1. The molecule has 0 bridgehead atoms. The first kappa shape index (κ1) is 21.9. The fraction of sp³-hybridized carbons (Fsp3) is 0.500. The second kappa shape index (κ2) is 8.45. The lowest BCUT2D eigenvalue weighted by Crippen LogP contribution is -2.54. The van der Waals surface area contributed by atoms with Crippen LogP contribution in [0.3, 0.4) is 0 Å². The fourth-order valence-corrected chi connectivity index (χ4v) is 6.05. The third-order valence-electron chi connectivity index (χ3n) is 6.32. The third kappa shape index (κ3) is 4.74. The minimum atomic E-state index is -3.14. The number of hydrogen-bond acceptors (Lipinski definition) is 8. The van der Waals surface area contributed by atoms with Gasteiger partial charge in [-0.1, -0.05) is 0 Å². The van der Waals surface area contributed by atoms with Gasteiger partial charge in [0.2, 0.25) is 16.0 Å². The van der Waals surface area contributed by atoms with Crippen LogP contribution in [0, 0.1) is 0 Å². The molecule has 2 saturated carbocycles. The molecule has 2 aromatic rings. The van der Waals surface area contributed by atoms with Gasteiger partial charge in [-0.15, -0.1) is 0 Å². The monoisotopic (exact) mass is 471 g/mol. The quantitative estimate of drug-likeness (QED) is 0.532. The van der Waals surface area contributed by atoms with Gasteiger partial charge < -0.3 is 21.3 Å². The van der Waals surface area contributed by atoms with Crippen molar-refractivity contribution < 1.29 is 13.2 Å². The Balaban J connectivity index is 1.25. The number of amides is 1. The minimum Gasteiger partial charge on any atom is -0.367 e. The molecule has 4 N–H and O–H groups in total. The van der Waals surface area contributed by atoms with Crippen LogP contribution in [0.2, 0.25) is 0 Å². The van der Waals surface area contributed by atoms with Gasteiger partial charge in [0, 0.05) is 49.3 Å². The van der Waals surface area contributed by atoms with Gasteiger partial charge in [-0.05, 0) is 56.9 Å². The number of hydrogen-bond donors (Lipinski definition) is 3. The SMILES string of the molecule is C[C@H]1CN(S(=O)(=O)C2CC2)CCN1c1ccc(Nc2ncc(C(N)=O)c(NC3CC3)n2)cc1. The topological polar surface area (TPSA) is 134 Å². The Hall–Kier alpha value is -2.92. The van der Waals surface area contributed by atoms with Crippen LogP contribution in [-0.4, -0.2) is 65.6 Å². The fourth-order valence-electron chi connectivity index (χ4n) is 4.13. The number of anilines is 4. The molecule has 1 atom stereocenters. The number of nitrogens with zero attached hydrogens (tertiary/aromatic N) is 4. The molecule has 3 aliphatic rings. The summed E-state index contributed by atoms with van der Waals surface area (Å²) in [7, 11) is -3.14. The molecule has 1 saturated heterocycles. The molecule has 10 nitrogen and oxygen atoms in total. The molecular formula is C22H29N7O3S. The molecule has 2 heterocycles.